The molecule has 2 aromatic heterocycles. The van der Waals surface area contributed by atoms with E-state index in [4.69, 9.17) is 34.0 Å². The predicted molar refractivity (Wildman–Crippen MR) is 215 cm³/mol. The minimum Gasteiger partial charge on any atom is -0.497 e. The van der Waals surface area contributed by atoms with Crippen molar-refractivity contribution in [3.8, 4) is 17.5 Å². The van der Waals surface area contributed by atoms with Crippen molar-refractivity contribution in [2.75, 3.05) is 38.8 Å². The van der Waals surface area contributed by atoms with E-state index in [0.717, 1.165) is 79.1 Å². The summed E-state index contributed by atoms with van der Waals surface area (Å²) in [5.74, 6) is 2.14. The Morgan fingerprint density at radius 1 is 0.911 bits per heavy atom. The van der Waals surface area contributed by atoms with Crippen LogP contribution in [0.1, 0.15) is 87.4 Å². The molecule has 1 unspecified atom stereocenters. The van der Waals surface area contributed by atoms with Gasteiger partial charge in [-0.1, -0.05) is 61.9 Å². The van der Waals surface area contributed by atoms with E-state index in [2.05, 4.69) is 34.2 Å². The standard InChI is InChI=1S/C43H55N7O6/c1-7-8-25-55-41-46-40(49(28-31-11-17-35(53-5)18-12-31)29-32-13-19-36(54-6)20-14-32)39-44-26-37(50(39)47-41)38(51)33-15-9-30(10-16-33)27-48-23-21-34(22-24-48)45-42(52)56-43(2,3)4/h9-20,26,34,38,51H,7-8,21-25,27-29H2,1-6H3,(H,45,52). The fourth-order valence-electron chi connectivity index (χ4n) is 6.68. The molecule has 3 heterocycles. The van der Waals surface area contributed by atoms with Crippen molar-refractivity contribution in [3.05, 3.63) is 107 Å². The van der Waals surface area contributed by atoms with Gasteiger partial charge in [0.1, 0.15) is 23.2 Å². The fourth-order valence-corrected chi connectivity index (χ4v) is 6.68. The van der Waals surface area contributed by atoms with Crippen LogP contribution in [0.3, 0.4) is 0 Å². The molecule has 298 valence electrons. The second kappa shape index (κ2) is 18.5. The number of likely N-dealkylation sites (tertiary alicyclic amines) is 1. The Kier molecular flexibility index (Phi) is 13.3. The number of nitrogens with zero attached hydrogens (tertiary/aromatic N) is 6. The van der Waals surface area contributed by atoms with Crippen molar-refractivity contribution >= 4 is 17.6 Å². The predicted octanol–water partition coefficient (Wildman–Crippen LogP) is 7.10. The lowest BCUT2D eigenvalue weighted by Gasteiger charge is -2.32. The second-order valence-electron chi connectivity index (χ2n) is 15.2. The molecule has 2 N–H and O–H groups in total. The van der Waals surface area contributed by atoms with Crippen molar-refractivity contribution < 1.29 is 28.8 Å². The third-order valence-electron chi connectivity index (χ3n) is 9.74. The molecule has 1 aliphatic heterocycles. The first-order valence-corrected chi connectivity index (χ1v) is 19.4. The van der Waals surface area contributed by atoms with Gasteiger partial charge in [0.15, 0.2) is 11.5 Å². The number of piperidine rings is 1. The number of hydrogen-bond donors (Lipinski definition) is 2. The molecule has 3 aromatic carbocycles. The molecule has 56 heavy (non-hydrogen) atoms. The Morgan fingerprint density at radius 3 is 2.05 bits per heavy atom. The van der Waals surface area contributed by atoms with Crippen molar-refractivity contribution in [3.63, 3.8) is 0 Å². The van der Waals surface area contributed by atoms with Crippen molar-refractivity contribution in [2.45, 2.75) is 90.8 Å². The number of ether oxygens (including phenoxy) is 4. The topological polar surface area (TPSA) is 136 Å². The van der Waals surface area contributed by atoms with Gasteiger partial charge in [-0.05, 0) is 86.6 Å². The lowest BCUT2D eigenvalue weighted by Crippen LogP contribution is -2.45. The van der Waals surface area contributed by atoms with Crippen molar-refractivity contribution in [2.24, 2.45) is 0 Å². The van der Waals surface area contributed by atoms with Crippen LogP contribution in [-0.2, 0) is 24.4 Å². The van der Waals surface area contributed by atoms with Crippen LogP contribution in [0.4, 0.5) is 10.6 Å². The first-order valence-electron chi connectivity index (χ1n) is 19.4. The van der Waals surface area contributed by atoms with Crippen LogP contribution < -0.4 is 24.4 Å². The molecular formula is C43H55N7O6. The number of imidazole rings is 1. The van der Waals surface area contributed by atoms with Crippen LogP contribution in [0.2, 0.25) is 0 Å². The summed E-state index contributed by atoms with van der Waals surface area (Å²) in [6, 6.07) is 24.2. The Bertz CT molecular complexity index is 1960. The monoisotopic (exact) mass is 765 g/mol. The second-order valence-corrected chi connectivity index (χ2v) is 15.2. The van der Waals surface area contributed by atoms with Crippen molar-refractivity contribution in [1.29, 1.82) is 0 Å². The number of hydrogen-bond acceptors (Lipinski definition) is 11. The van der Waals surface area contributed by atoms with Gasteiger partial charge < -0.3 is 34.3 Å². The van der Waals surface area contributed by atoms with E-state index in [1.54, 1.807) is 24.9 Å². The molecule has 1 aliphatic rings. The molecule has 0 spiro atoms. The molecule has 13 heteroatoms. The van der Waals surface area contributed by atoms with E-state index < -0.39 is 11.7 Å². The van der Waals surface area contributed by atoms with E-state index in [1.165, 1.54) is 0 Å². The van der Waals surface area contributed by atoms with Gasteiger partial charge in [-0.2, -0.15) is 4.98 Å². The van der Waals surface area contributed by atoms with Gasteiger partial charge >= 0.3 is 12.1 Å². The van der Waals surface area contributed by atoms with E-state index in [9.17, 15) is 9.90 Å². The SMILES string of the molecule is CCCCOc1nc(N(Cc2ccc(OC)cc2)Cc2ccc(OC)cc2)c2ncc(C(O)c3ccc(CN4CCC(NC(=O)OC(C)(C)C)CC4)cc3)n2n1. The van der Waals surface area contributed by atoms with Crippen LogP contribution in [0.25, 0.3) is 5.65 Å². The summed E-state index contributed by atoms with van der Waals surface area (Å²) < 4.78 is 24.0. The first kappa shape index (κ1) is 40.3. The first-order chi connectivity index (χ1) is 27.0. The van der Waals surface area contributed by atoms with Gasteiger partial charge in [-0.15, -0.1) is 5.10 Å². The quantitative estimate of drug-likeness (QED) is 0.0997. The highest BCUT2D eigenvalue weighted by Gasteiger charge is 2.26. The zero-order chi connectivity index (χ0) is 39.7. The number of carbonyl (C=O) groups is 1. The number of amides is 1. The summed E-state index contributed by atoms with van der Waals surface area (Å²) in [5.41, 5.74) is 4.46. The molecule has 1 amide bonds. The highest BCUT2D eigenvalue weighted by Crippen LogP contribution is 2.30. The summed E-state index contributed by atoms with van der Waals surface area (Å²) >= 11 is 0. The van der Waals surface area contributed by atoms with Gasteiger partial charge in [0.05, 0.1) is 32.7 Å². The Hall–Kier alpha value is -5.40. The summed E-state index contributed by atoms with van der Waals surface area (Å²) in [5, 5.41) is 19.6. The number of aliphatic hydroxyl groups excluding tert-OH is 1. The third kappa shape index (κ3) is 10.7. The normalized spacial score (nSPS) is 14.3. The summed E-state index contributed by atoms with van der Waals surface area (Å²) in [4.78, 5) is 26.5. The smallest absolute Gasteiger partial charge is 0.407 e. The number of unbranched alkanes of at least 4 members (excludes halogenated alkanes) is 1. The van der Waals surface area contributed by atoms with E-state index in [0.29, 0.717) is 36.9 Å². The highest BCUT2D eigenvalue weighted by molar-refractivity contribution is 5.68. The molecular weight excluding hydrogens is 711 g/mol. The Labute approximate surface area is 329 Å². The molecule has 0 saturated carbocycles. The molecule has 1 fully saturated rings. The highest BCUT2D eigenvalue weighted by atomic mass is 16.6. The number of fused-ring (bicyclic) bond motifs is 1. The fraction of sp³-hybridized carbons (Fsp3) is 0.442. The van der Waals surface area contributed by atoms with Crippen LogP contribution in [-0.4, -0.2) is 81.2 Å². The molecule has 13 nitrogen and oxygen atoms in total. The number of carbonyl (C=O) groups excluding carboxylic acids is 1. The molecule has 1 saturated heterocycles. The van der Waals surface area contributed by atoms with E-state index in [-0.39, 0.29) is 18.1 Å². The van der Waals surface area contributed by atoms with Crippen LogP contribution >= 0.6 is 0 Å². The number of methoxy groups -OCH3 is 2. The van der Waals surface area contributed by atoms with Crippen LogP contribution in [0.5, 0.6) is 17.5 Å². The van der Waals surface area contributed by atoms with E-state index in [1.807, 2.05) is 81.4 Å². The molecule has 5 aromatic rings. The minimum atomic E-state index is -1.00. The zero-order valence-corrected chi connectivity index (χ0v) is 33.4. The van der Waals surface area contributed by atoms with Crippen LogP contribution in [0.15, 0.2) is 79.0 Å². The minimum absolute atomic E-state index is 0.1000. The average molecular weight is 766 g/mol. The van der Waals surface area contributed by atoms with Gasteiger partial charge in [-0.25, -0.2) is 14.3 Å². The Morgan fingerprint density at radius 2 is 1.50 bits per heavy atom. The third-order valence-corrected chi connectivity index (χ3v) is 9.74. The number of anilines is 1. The number of nitrogens with one attached hydrogen (secondary N) is 1. The number of benzene rings is 3. The number of alkyl carbamates (subject to hydrolysis) is 1. The lowest BCUT2D eigenvalue weighted by atomic mass is 10.0. The molecule has 6 rings (SSSR count). The maximum atomic E-state index is 12.2. The number of rotatable bonds is 16. The maximum absolute atomic E-state index is 12.2. The Balaban J connectivity index is 1.23. The van der Waals surface area contributed by atoms with E-state index >= 15 is 0 Å². The molecule has 0 radical (unpaired) electrons. The van der Waals surface area contributed by atoms with Crippen LogP contribution in [0, 0.1) is 0 Å². The van der Waals surface area contributed by atoms with Crippen molar-refractivity contribution in [1.82, 2.24) is 29.8 Å². The summed E-state index contributed by atoms with van der Waals surface area (Å²) in [7, 11) is 3.31. The van der Waals surface area contributed by atoms with Gasteiger partial charge in [0.2, 0.25) is 0 Å². The molecule has 1 atom stereocenters. The summed E-state index contributed by atoms with van der Waals surface area (Å²) in [6.07, 6.45) is 3.83. The largest absolute Gasteiger partial charge is 0.497 e. The van der Waals surface area contributed by atoms with Gasteiger partial charge in [0.25, 0.3) is 0 Å². The van der Waals surface area contributed by atoms with Gasteiger partial charge in [-0.3, -0.25) is 4.90 Å². The lowest BCUT2D eigenvalue weighted by molar-refractivity contribution is 0.0477. The van der Waals surface area contributed by atoms with Gasteiger partial charge in [0, 0.05) is 38.8 Å². The zero-order valence-electron chi connectivity index (χ0n) is 33.4. The summed E-state index contributed by atoms with van der Waals surface area (Å²) in [6.45, 7) is 11.7. The number of aromatic nitrogens is 4. The number of aliphatic hydroxyl groups is 1. The molecule has 0 aliphatic carbocycles. The average Bonchev–Trinajstić information content (AvgIpc) is 3.62. The molecule has 0 bridgehead atoms. The maximum Gasteiger partial charge on any atom is 0.407 e.